The Kier molecular flexibility index (Phi) is 6.58. The lowest BCUT2D eigenvalue weighted by Gasteiger charge is -2.18. The number of cyclic esters (lactones) is 1. The van der Waals surface area contributed by atoms with Crippen LogP contribution < -0.4 is 0 Å². The van der Waals surface area contributed by atoms with Crippen LogP contribution in [0.15, 0.2) is 35.2 Å². The van der Waals surface area contributed by atoms with Gasteiger partial charge in [-0.05, 0) is 25.0 Å². The van der Waals surface area contributed by atoms with E-state index < -0.39 is 0 Å². The number of thioether (sulfide) groups is 1. The molecule has 116 valence electrons. The van der Waals surface area contributed by atoms with E-state index in [2.05, 4.69) is 6.92 Å². The predicted molar refractivity (Wildman–Crippen MR) is 85.3 cm³/mol. The molecule has 1 aromatic rings. The molecule has 1 aromatic carbocycles. The first-order valence-corrected chi connectivity index (χ1v) is 8.74. The Balaban J connectivity index is 1.90. The maximum Gasteiger partial charge on any atom is 0.310 e. The second-order valence-corrected chi connectivity index (χ2v) is 6.64. The highest BCUT2D eigenvalue weighted by atomic mass is 32.2. The first kappa shape index (κ1) is 16.4. The molecular formula is C17H24O3S. The SMILES string of the molecule is CCCCC[C@@H]1OC(=O)C(CSc2ccccc2)[C@H]1CO. The molecule has 0 spiro atoms. The van der Waals surface area contributed by atoms with Gasteiger partial charge in [0.2, 0.25) is 0 Å². The fourth-order valence-electron chi connectivity index (χ4n) is 2.77. The zero-order chi connectivity index (χ0) is 15.1. The Morgan fingerprint density at radius 3 is 2.67 bits per heavy atom. The maximum absolute atomic E-state index is 12.1. The molecule has 1 heterocycles. The Labute approximate surface area is 131 Å². The van der Waals surface area contributed by atoms with Crippen molar-refractivity contribution < 1.29 is 14.6 Å². The molecular weight excluding hydrogens is 284 g/mol. The minimum Gasteiger partial charge on any atom is -0.462 e. The Bertz CT molecular complexity index is 435. The standard InChI is InChI=1S/C17H24O3S/c1-2-3-5-10-16-14(11-18)15(17(19)20-16)12-21-13-8-6-4-7-9-13/h4,6-9,14-16,18H,2-3,5,10-12H2,1H3/t14-,15?,16+/m1/s1. The summed E-state index contributed by atoms with van der Waals surface area (Å²) in [6.45, 7) is 2.19. The highest BCUT2D eigenvalue weighted by molar-refractivity contribution is 7.99. The van der Waals surface area contributed by atoms with Gasteiger partial charge in [-0.15, -0.1) is 11.8 Å². The van der Waals surface area contributed by atoms with Crippen LogP contribution in [-0.2, 0) is 9.53 Å². The lowest BCUT2D eigenvalue weighted by atomic mass is 9.90. The van der Waals surface area contributed by atoms with Gasteiger partial charge in [0.05, 0.1) is 12.5 Å². The van der Waals surface area contributed by atoms with Crippen molar-refractivity contribution in [1.82, 2.24) is 0 Å². The highest BCUT2D eigenvalue weighted by Crippen LogP contribution is 2.35. The average Bonchev–Trinajstić information content (AvgIpc) is 2.81. The van der Waals surface area contributed by atoms with Crippen molar-refractivity contribution >= 4 is 17.7 Å². The predicted octanol–water partition coefficient (Wildman–Crippen LogP) is 3.51. The summed E-state index contributed by atoms with van der Waals surface area (Å²) in [6, 6.07) is 10.0. The first-order valence-electron chi connectivity index (χ1n) is 7.75. The number of aliphatic hydroxyl groups is 1. The number of ether oxygens (including phenoxy) is 1. The number of rotatable bonds is 8. The molecule has 1 aliphatic rings. The summed E-state index contributed by atoms with van der Waals surface area (Å²) >= 11 is 1.66. The van der Waals surface area contributed by atoms with Crippen LogP contribution in [0.25, 0.3) is 0 Å². The van der Waals surface area contributed by atoms with E-state index >= 15 is 0 Å². The van der Waals surface area contributed by atoms with Crippen molar-refractivity contribution in [3.05, 3.63) is 30.3 Å². The van der Waals surface area contributed by atoms with E-state index in [0.717, 1.165) is 30.6 Å². The quantitative estimate of drug-likeness (QED) is 0.453. The van der Waals surface area contributed by atoms with E-state index in [9.17, 15) is 9.90 Å². The van der Waals surface area contributed by atoms with E-state index in [1.54, 1.807) is 11.8 Å². The van der Waals surface area contributed by atoms with Gasteiger partial charge in [-0.1, -0.05) is 38.0 Å². The Morgan fingerprint density at radius 1 is 1.24 bits per heavy atom. The largest absolute Gasteiger partial charge is 0.462 e. The summed E-state index contributed by atoms with van der Waals surface area (Å²) in [4.78, 5) is 13.2. The molecule has 1 saturated heterocycles. The van der Waals surface area contributed by atoms with Gasteiger partial charge in [0.25, 0.3) is 0 Å². The van der Waals surface area contributed by atoms with Gasteiger partial charge >= 0.3 is 5.97 Å². The van der Waals surface area contributed by atoms with Crippen molar-refractivity contribution in [2.24, 2.45) is 11.8 Å². The molecule has 3 atom stereocenters. The molecule has 0 aromatic heterocycles. The summed E-state index contributed by atoms with van der Waals surface area (Å²) in [5.74, 6) is 0.301. The van der Waals surface area contributed by atoms with Gasteiger partial charge in [0, 0.05) is 16.6 Å². The zero-order valence-electron chi connectivity index (χ0n) is 12.5. The van der Waals surface area contributed by atoms with Gasteiger partial charge < -0.3 is 9.84 Å². The average molecular weight is 308 g/mol. The van der Waals surface area contributed by atoms with Gasteiger partial charge in [-0.2, -0.15) is 0 Å². The Hall–Kier alpha value is -1.00. The van der Waals surface area contributed by atoms with Crippen LogP contribution >= 0.6 is 11.8 Å². The van der Waals surface area contributed by atoms with E-state index in [1.165, 1.54) is 0 Å². The minimum atomic E-state index is -0.188. The molecule has 2 rings (SSSR count). The third-order valence-electron chi connectivity index (χ3n) is 4.04. The number of unbranched alkanes of at least 4 members (excludes halogenated alkanes) is 2. The molecule has 3 nitrogen and oxygen atoms in total. The van der Waals surface area contributed by atoms with Crippen LogP contribution in [0, 0.1) is 11.8 Å². The third-order valence-corrected chi connectivity index (χ3v) is 5.17. The summed E-state index contributed by atoms with van der Waals surface area (Å²) in [5.41, 5.74) is 0. The minimum absolute atomic E-state index is 0.0303. The van der Waals surface area contributed by atoms with Gasteiger partial charge in [-0.25, -0.2) is 0 Å². The molecule has 0 saturated carbocycles. The molecule has 1 N–H and O–H groups in total. The number of benzene rings is 1. The number of esters is 1. The van der Waals surface area contributed by atoms with E-state index in [4.69, 9.17) is 4.74 Å². The normalized spacial score (nSPS) is 25.0. The monoisotopic (exact) mass is 308 g/mol. The Morgan fingerprint density at radius 2 is 2.00 bits per heavy atom. The topological polar surface area (TPSA) is 46.5 Å². The lowest BCUT2D eigenvalue weighted by molar-refractivity contribution is -0.144. The van der Waals surface area contributed by atoms with Crippen LogP contribution in [0.5, 0.6) is 0 Å². The number of hydrogen-bond acceptors (Lipinski definition) is 4. The van der Waals surface area contributed by atoms with Gasteiger partial charge in [0.15, 0.2) is 0 Å². The van der Waals surface area contributed by atoms with Gasteiger partial charge in [0.1, 0.15) is 6.10 Å². The van der Waals surface area contributed by atoms with E-state index in [0.29, 0.717) is 5.75 Å². The summed E-state index contributed by atoms with van der Waals surface area (Å²) < 4.78 is 5.50. The number of aliphatic hydroxyl groups excluding tert-OH is 1. The lowest BCUT2D eigenvalue weighted by Crippen LogP contribution is -2.26. The maximum atomic E-state index is 12.1. The molecule has 1 aliphatic heterocycles. The summed E-state index contributed by atoms with van der Waals surface area (Å²) in [5, 5.41) is 9.64. The molecule has 1 fully saturated rings. The van der Waals surface area contributed by atoms with Crippen molar-refractivity contribution in [2.45, 2.75) is 43.6 Å². The molecule has 1 unspecified atom stereocenters. The van der Waals surface area contributed by atoms with Crippen LogP contribution in [0.1, 0.15) is 32.6 Å². The smallest absolute Gasteiger partial charge is 0.310 e. The molecule has 0 amide bonds. The first-order chi connectivity index (χ1) is 10.3. The molecule has 0 bridgehead atoms. The summed E-state index contributed by atoms with van der Waals surface area (Å²) in [7, 11) is 0. The number of carbonyl (C=O) groups excluding carboxylic acids is 1. The zero-order valence-corrected chi connectivity index (χ0v) is 13.3. The second-order valence-electron chi connectivity index (χ2n) is 5.55. The van der Waals surface area contributed by atoms with Crippen molar-refractivity contribution in [2.75, 3.05) is 12.4 Å². The van der Waals surface area contributed by atoms with Crippen molar-refractivity contribution in [3.63, 3.8) is 0 Å². The third kappa shape index (κ3) is 4.48. The van der Waals surface area contributed by atoms with Crippen molar-refractivity contribution in [3.8, 4) is 0 Å². The molecule has 0 radical (unpaired) electrons. The van der Waals surface area contributed by atoms with Crippen molar-refractivity contribution in [1.29, 1.82) is 0 Å². The van der Waals surface area contributed by atoms with Gasteiger partial charge in [-0.3, -0.25) is 4.79 Å². The van der Waals surface area contributed by atoms with Crippen LogP contribution in [0.4, 0.5) is 0 Å². The van der Waals surface area contributed by atoms with Crippen LogP contribution in [-0.4, -0.2) is 29.5 Å². The second kappa shape index (κ2) is 8.44. The molecule has 21 heavy (non-hydrogen) atoms. The van der Waals surface area contributed by atoms with E-state index in [-0.39, 0.29) is 30.5 Å². The fourth-order valence-corrected chi connectivity index (χ4v) is 3.87. The molecule has 0 aliphatic carbocycles. The fraction of sp³-hybridized carbons (Fsp3) is 0.588. The molecule has 4 heteroatoms. The summed E-state index contributed by atoms with van der Waals surface area (Å²) in [6.07, 6.45) is 4.13. The van der Waals surface area contributed by atoms with Crippen LogP contribution in [0.2, 0.25) is 0 Å². The number of hydrogen-bond donors (Lipinski definition) is 1. The highest BCUT2D eigenvalue weighted by Gasteiger charge is 2.43. The number of carbonyl (C=O) groups is 1. The van der Waals surface area contributed by atoms with Crippen LogP contribution in [0.3, 0.4) is 0 Å². The van der Waals surface area contributed by atoms with E-state index in [1.807, 2.05) is 30.3 Å².